The maximum absolute atomic E-state index is 13.4. The number of nitrogens with one attached hydrogen (secondary N) is 3. The van der Waals surface area contributed by atoms with Crippen LogP contribution in [0.2, 0.25) is 0 Å². The number of carbonyl (C=O) groups excluding carboxylic acids is 1. The first kappa shape index (κ1) is 19.7. The number of hydrogen-bond donors (Lipinski definition) is 3. The predicted molar refractivity (Wildman–Crippen MR) is 122 cm³/mol. The van der Waals surface area contributed by atoms with Crippen LogP contribution >= 0.6 is 0 Å². The van der Waals surface area contributed by atoms with Crippen molar-refractivity contribution in [1.29, 1.82) is 0 Å². The van der Waals surface area contributed by atoms with Gasteiger partial charge in [-0.2, -0.15) is 10.1 Å². The number of aromatic amines is 1. The van der Waals surface area contributed by atoms with Gasteiger partial charge in [-0.25, -0.2) is 4.52 Å². The van der Waals surface area contributed by atoms with Crippen LogP contribution in [0.4, 0.5) is 17.6 Å². The Morgan fingerprint density at radius 3 is 3.06 bits per heavy atom. The SMILES string of the molecule is C[C@@]1(C(=O)CC2CCNC2)CCCN1c1nc(Nc2cc(C3CC3)[nH]n2)c2cccn2n1. The number of aromatic nitrogens is 5. The fourth-order valence-corrected chi connectivity index (χ4v) is 5.20. The Morgan fingerprint density at radius 1 is 1.34 bits per heavy atom. The van der Waals surface area contributed by atoms with Gasteiger partial charge >= 0.3 is 0 Å². The molecule has 3 aliphatic rings. The molecule has 5 heterocycles. The van der Waals surface area contributed by atoms with Crippen LogP contribution in [0.15, 0.2) is 24.4 Å². The molecule has 9 heteroatoms. The number of rotatable bonds is 7. The summed E-state index contributed by atoms with van der Waals surface area (Å²) in [5.41, 5.74) is 1.49. The summed E-state index contributed by atoms with van der Waals surface area (Å²) in [5.74, 6) is 3.40. The van der Waals surface area contributed by atoms with E-state index in [1.807, 2.05) is 22.8 Å². The molecular weight excluding hydrogens is 404 g/mol. The quantitative estimate of drug-likeness (QED) is 0.525. The van der Waals surface area contributed by atoms with Gasteiger partial charge in [-0.15, -0.1) is 5.10 Å². The molecule has 32 heavy (non-hydrogen) atoms. The molecule has 1 aliphatic carbocycles. The smallest absolute Gasteiger partial charge is 0.246 e. The Kier molecular flexibility index (Phi) is 4.67. The van der Waals surface area contributed by atoms with Crippen molar-refractivity contribution in [3.8, 4) is 0 Å². The summed E-state index contributed by atoms with van der Waals surface area (Å²) >= 11 is 0. The zero-order valence-corrected chi connectivity index (χ0v) is 18.5. The van der Waals surface area contributed by atoms with Gasteiger partial charge in [-0.3, -0.25) is 9.89 Å². The van der Waals surface area contributed by atoms with Gasteiger partial charge in [0.2, 0.25) is 5.95 Å². The molecule has 3 aromatic rings. The van der Waals surface area contributed by atoms with Gasteiger partial charge in [0.1, 0.15) is 5.52 Å². The molecule has 0 radical (unpaired) electrons. The lowest BCUT2D eigenvalue weighted by molar-refractivity contribution is -0.124. The van der Waals surface area contributed by atoms with Crippen LogP contribution in [0.5, 0.6) is 0 Å². The van der Waals surface area contributed by atoms with Crippen LogP contribution in [0.3, 0.4) is 0 Å². The molecule has 6 rings (SSSR count). The molecule has 2 aliphatic heterocycles. The monoisotopic (exact) mass is 434 g/mol. The first-order valence-electron chi connectivity index (χ1n) is 11.8. The van der Waals surface area contributed by atoms with Crippen LogP contribution in [0.1, 0.15) is 57.1 Å². The number of carbonyl (C=O) groups is 1. The van der Waals surface area contributed by atoms with Crippen molar-refractivity contribution >= 4 is 28.9 Å². The number of Topliss-reactive ketones (excluding diaryl/α,β-unsaturated/α-hetero) is 1. The Hall–Kier alpha value is -2.94. The predicted octanol–water partition coefficient (Wildman–Crippen LogP) is 3.00. The number of hydrogen-bond acceptors (Lipinski definition) is 7. The maximum Gasteiger partial charge on any atom is 0.246 e. The minimum atomic E-state index is -0.563. The van der Waals surface area contributed by atoms with E-state index in [9.17, 15) is 4.79 Å². The molecule has 3 aromatic heterocycles. The Bertz CT molecular complexity index is 1140. The largest absolute Gasteiger partial charge is 0.327 e. The van der Waals surface area contributed by atoms with Crippen LogP contribution in [-0.4, -0.2) is 55.8 Å². The molecule has 2 atom stereocenters. The Morgan fingerprint density at radius 2 is 2.25 bits per heavy atom. The molecule has 9 nitrogen and oxygen atoms in total. The van der Waals surface area contributed by atoms with Crippen molar-refractivity contribution in [3.05, 3.63) is 30.1 Å². The highest BCUT2D eigenvalue weighted by molar-refractivity contribution is 5.92. The van der Waals surface area contributed by atoms with E-state index in [4.69, 9.17) is 10.1 Å². The third kappa shape index (κ3) is 3.44. The fourth-order valence-electron chi connectivity index (χ4n) is 5.20. The van der Waals surface area contributed by atoms with Crippen LogP contribution in [0.25, 0.3) is 5.52 Å². The van der Waals surface area contributed by atoms with Crippen molar-refractivity contribution < 1.29 is 4.79 Å². The molecule has 168 valence electrons. The molecule has 2 saturated heterocycles. The van der Waals surface area contributed by atoms with E-state index in [1.165, 1.54) is 18.5 Å². The number of H-pyrrole nitrogens is 1. The summed E-state index contributed by atoms with van der Waals surface area (Å²) < 4.78 is 1.84. The van der Waals surface area contributed by atoms with Gasteiger partial charge in [-0.1, -0.05) is 0 Å². The van der Waals surface area contributed by atoms with Gasteiger partial charge in [-0.05, 0) is 70.2 Å². The Balaban J connectivity index is 1.30. The molecule has 0 aromatic carbocycles. The van der Waals surface area contributed by atoms with E-state index < -0.39 is 5.54 Å². The van der Waals surface area contributed by atoms with E-state index in [2.05, 4.69) is 38.7 Å². The van der Waals surface area contributed by atoms with Crippen LogP contribution < -0.4 is 15.5 Å². The van der Waals surface area contributed by atoms with Crippen molar-refractivity contribution in [2.45, 2.75) is 56.9 Å². The molecule has 3 fully saturated rings. The first-order chi connectivity index (χ1) is 15.6. The van der Waals surface area contributed by atoms with Crippen LogP contribution in [0, 0.1) is 5.92 Å². The second-order valence-electron chi connectivity index (χ2n) is 9.72. The molecule has 1 unspecified atom stereocenters. The average molecular weight is 435 g/mol. The summed E-state index contributed by atoms with van der Waals surface area (Å²) in [6.07, 6.45) is 7.87. The maximum atomic E-state index is 13.4. The highest BCUT2D eigenvalue weighted by atomic mass is 16.1. The lowest BCUT2D eigenvalue weighted by atomic mass is 9.87. The fraction of sp³-hybridized carbons (Fsp3) is 0.565. The van der Waals surface area contributed by atoms with Crippen molar-refractivity contribution in [1.82, 2.24) is 30.1 Å². The third-order valence-electron chi connectivity index (χ3n) is 7.36. The van der Waals surface area contributed by atoms with Gasteiger partial charge < -0.3 is 15.5 Å². The van der Waals surface area contributed by atoms with E-state index in [1.54, 1.807) is 0 Å². The number of ketones is 1. The van der Waals surface area contributed by atoms with E-state index in [0.29, 0.717) is 35.8 Å². The van der Waals surface area contributed by atoms with E-state index >= 15 is 0 Å². The minimum absolute atomic E-state index is 0.302. The highest BCUT2D eigenvalue weighted by Gasteiger charge is 2.45. The first-order valence-corrected chi connectivity index (χ1v) is 11.8. The van der Waals surface area contributed by atoms with Gasteiger partial charge in [0, 0.05) is 36.8 Å². The zero-order chi connectivity index (χ0) is 21.7. The Labute approximate surface area is 187 Å². The number of fused-ring (bicyclic) bond motifs is 1. The van der Waals surface area contributed by atoms with Gasteiger partial charge in [0.05, 0.1) is 5.54 Å². The molecular formula is C23H30N8O. The highest BCUT2D eigenvalue weighted by Crippen LogP contribution is 2.40. The third-order valence-corrected chi connectivity index (χ3v) is 7.36. The summed E-state index contributed by atoms with van der Waals surface area (Å²) in [5, 5.41) is 19.1. The normalized spacial score (nSPS) is 25.7. The summed E-state index contributed by atoms with van der Waals surface area (Å²) in [4.78, 5) is 20.4. The summed E-state index contributed by atoms with van der Waals surface area (Å²) in [7, 11) is 0. The summed E-state index contributed by atoms with van der Waals surface area (Å²) in [6.45, 7) is 4.80. The van der Waals surface area contributed by atoms with Crippen molar-refractivity contribution in [3.63, 3.8) is 0 Å². The number of anilines is 3. The molecule has 0 amide bonds. The molecule has 3 N–H and O–H groups in total. The van der Waals surface area contributed by atoms with Crippen molar-refractivity contribution in [2.75, 3.05) is 29.9 Å². The topological polar surface area (TPSA) is 103 Å². The van der Waals surface area contributed by atoms with Crippen LogP contribution in [-0.2, 0) is 4.79 Å². The standard InChI is InChI=1S/C23H30N8O/c1-23(19(32)12-15-7-9-24-14-15)8-3-10-30(23)22-26-21(18-4-2-11-31(18)29-22)25-20-13-17(27-28-20)16-5-6-16/h2,4,11,13,15-16,24H,3,5-10,12,14H2,1H3,(H2,25,26,27,28,29)/t15?,23-/m0/s1. The average Bonchev–Trinajstić information content (AvgIpc) is 3.22. The van der Waals surface area contributed by atoms with Gasteiger partial charge in [0.25, 0.3) is 0 Å². The zero-order valence-electron chi connectivity index (χ0n) is 18.5. The minimum Gasteiger partial charge on any atom is -0.327 e. The number of nitrogens with zero attached hydrogens (tertiary/aromatic N) is 5. The summed E-state index contributed by atoms with van der Waals surface area (Å²) in [6, 6.07) is 6.01. The van der Waals surface area contributed by atoms with Gasteiger partial charge in [0.15, 0.2) is 17.4 Å². The van der Waals surface area contributed by atoms with E-state index in [0.717, 1.165) is 50.2 Å². The van der Waals surface area contributed by atoms with E-state index in [-0.39, 0.29) is 0 Å². The lowest BCUT2D eigenvalue weighted by Gasteiger charge is -2.34. The molecule has 1 saturated carbocycles. The lowest BCUT2D eigenvalue weighted by Crippen LogP contribution is -2.49. The van der Waals surface area contributed by atoms with Crippen molar-refractivity contribution in [2.24, 2.45) is 5.92 Å². The molecule has 0 spiro atoms. The molecule has 0 bridgehead atoms. The second-order valence-corrected chi connectivity index (χ2v) is 9.72. The second kappa shape index (κ2) is 7.58.